The van der Waals surface area contributed by atoms with Gasteiger partial charge in [-0.3, -0.25) is 4.79 Å². The predicted molar refractivity (Wildman–Crippen MR) is 71.5 cm³/mol. The molecule has 2 aromatic rings. The molecule has 1 aromatic heterocycles. The Balaban J connectivity index is 2.18. The van der Waals surface area contributed by atoms with Gasteiger partial charge < -0.3 is 0 Å². The zero-order chi connectivity index (χ0) is 11.5. The molecule has 1 heterocycles. The molecule has 0 spiro atoms. The van der Waals surface area contributed by atoms with Crippen LogP contribution in [0.5, 0.6) is 0 Å². The van der Waals surface area contributed by atoms with Crippen molar-refractivity contribution >= 4 is 44.7 Å². The largest absolute Gasteiger partial charge is 0.294 e. The van der Waals surface area contributed by atoms with Crippen molar-refractivity contribution in [2.45, 2.75) is 6.42 Å². The minimum Gasteiger partial charge on any atom is -0.294 e. The number of halogens is 2. The van der Waals surface area contributed by atoms with Gasteiger partial charge in [0.2, 0.25) is 0 Å². The SMILES string of the molecule is O=C(Cc1sccc1Br)c1cccc(Cl)c1. The van der Waals surface area contributed by atoms with E-state index in [1.54, 1.807) is 35.6 Å². The van der Waals surface area contributed by atoms with Crippen LogP contribution in [0.25, 0.3) is 0 Å². The van der Waals surface area contributed by atoms with Crippen LogP contribution in [0.1, 0.15) is 15.2 Å². The van der Waals surface area contributed by atoms with Crippen LogP contribution in [0, 0.1) is 0 Å². The van der Waals surface area contributed by atoms with Crippen LogP contribution in [-0.2, 0) is 6.42 Å². The molecular formula is C12H8BrClOS. The van der Waals surface area contributed by atoms with Crippen molar-refractivity contribution in [1.82, 2.24) is 0 Å². The molecule has 0 N–H and O–H groups in total. The number of benzene rings is 1. The molecule has 0 unspecified atom stereocenters. The molecule has 0 saturated heterocycles. The molecule has 16 heavy (non-hydrogen) atoms. The summed E-state index contributed by atoms with van der Waals surface area (Å²) in [4.78, 5) is 13.0. The first-order valence-corrected chi connectivity index (χ1v) is 6.72. The molecule has 0 amide bonds. The van der Waals surface area contributed by atoms with E-state index in [1.807, 2.05) is 11.4 Å². The molecule has 0 atom stereocenters. The fraction of sp³-hybridized carbons (Fsp3) is 0.0833. The number of hydrogen-bond donors (Lipinski definition) is 0. The van der Waals surface area contributed by atoms with E-state index in [1.165, 1.54) is 0 Å². The maximum Gasteiger partial charge on any atom is 0.168 e. The van der Waals surface area contributed by atoms with Crippen LogP contribution in [0.4, 0.5) is 0 Å². The second-order valence-corrected chi connectivity index (χ2v) is 5.59. The first-order chi connectivity index (χ1) is 7.66. The Bertz CT molecular complexity index is 521. The van der Waals surface area contributed by atoms with E-state index in [0.717, 1.165) is 9.35 Å². The molecule has 2 rings (SSSR count). The number of Topliss-reactive ketones (excluding diaryl/α,β-unsaturated/α-hetero) is 1. The number of ketones is 1. The second kappa shape index (κ2) is 5.13. The van der Waals surface area contributed by atoms with Gasteiger partial charge in [-0.05, 0) is 39.5 Å². The number of thiophene rings is 1. The zero-order valence-electron chi connectivity index (χ0n) is 8.24. The van der Waals surface area contributed by atoms with Gasteiger partial charge in [0.1, 0.15) is 0 Å². The van der Waals surface area contributed by atoms with Crippen molar-refractivity contribution in [1.29, 1.82) is 0 Å². The van der Waals surface area contributed by atoms with Gasteiger partial charge in [0.15, 0.2) is 5.78 Å². The molecule has 1 aromatic carbocycles. The van der Waals surface area contributed by atoms with E-state index in [4.69, 9.17) is 11.6 Å². The first kappa shape index (κ1) is 11.8. The number of carbonyl (C=O) groups is 1. The molecule has 0 aliphatic rings. The summed E-state index contributed by atoms with van der Waals surface area (Å²) in [6.07, 6.45) is 0.415. The van der Waals surface area contributed by atoms with Crippen molar-refractivity contribution in [3.8, 4) is 0 Å². The van der Waals surface area contributed by atoms with Gasteiger partial charge in [0.05, 0.1) is 0 Å². The highest BCUT2D eigenvalue weighted by molar-refractivity contribution is 9.10. The van der Waals surface area contributed by atoms with E-state index in [2.05, 4.69) is 15.9 Å². The van der Waals surface area contributed by atoms with E-state index in [9.17, 15) is 4.79 Å². The Morgan fingerprint density at radius 2 is 2.19 bits per heavy atom. The molecule has 0 aliphatic heterocycles. The third-order valence-electron chi connectivity index (χ3n) is 2.16. The van der Waals surface area contributed by atoms with Gasteiger partial charge >= 0.3 is 0 Å². The van der Waals surface area contributed by atoms with Crippen LogP contribution in [0.3, 0.4) is 0 Å². The Morgan fingerprint density at radius 3 is 2.81 bits per heavy atom. The molecule has 0 fully saturated rings. The van der Waals surface area contributed by atoms with Gasteiger partial charge in [0, 0.05) is 26.4 Å². The van der Waals surface area contributed by atoms with Crippen molar-refractivity contribution in [3.63, 3.8) is 0 Å². The number of rotatable bonds is 3. The van der Waals surface area contributed by atoms with Crippen LogP contribution < -0.4 is 0 Å². The van der Waals surface area contributed by atoms with Gasteiger partial charge in [-0.1, -0.05) is 23.7 Å². The minimum absolute atomic E-state index is 0.0886. The molecule has 0 saturated carbocycles. The normalized spacial score (nSPS) is 10.4. The highest BCUT2D eigenvalue weighted by Crippen LogP contribution is 2.24. The van der Waals surface area contributed by atoms with Crippen LogP contribution in [-0.4, -0.2) is 5.78 Å². The van der Waals surface area contributed by atoms with E-state index in [0.29, 0.717) is 17.0 Å². The average Bonchev–Trinajstić information content (AvgIpc) is 2.64. The van der Waals surface area contributed by atoms with Crippen LogP contribution >= 0.6 is 38.9 Å². The summed E-state index contributed by atoms with van der Waals surface area (Å²) in [5.74, 6) is 0.0886. The summed E-state index contributed by atoms with van der Waals surface area (Å²) in [7, 11) is 0. The Hall–Kier alpha value is -0.640. The maximum atomic E-state index is 11.9. The van der Waals surface area contributed by atoms with Crippen LogP contribution in [0.2, 0.25) is 5.02 Å². The van der Waals surface area contributed by atoms with Crippen molar-refractivity contribution in [2.24, 2.45) is 0 Å². The van der Waals surface area contributed by atoms with Gasteiger partial charge in [-0.25, -0.2) is 0 Å². The average molecular weight is 316 g/mol. The van der Waals surface area contributed by atoms with Crippen molar-refractivity contribution in [2.75, 3.05) is 0 Å². The third kappa shape index (κ3) is 2.73. The van der Waals surface area contributed by atoms with E-state index < -0.39 is 0 Å². The summed E-state index contributed by atoms with van der Waals surface area (Å²) in [6, 6.07) is 8.99. The molecular weight excluding hydrogens is 308 g/mol. The Kier molecular flexibility index (Phi) is 3.79. The predicted octanol–water partition coefficient (Wildman–Crippen LogP) is 4.59. The fourth-order valence-corrected chi connectivity index (χ4v) is 3.04. The molecule has 82 valence electrons. The number of hydrogen-bond acceptors (Lipinski definition) is 2. The minimum atomic E-state index is 0.0886. The lowest BCUT2D eigenvalue weighted by Gasteiger charge is -2.00. The summed E-state index contributed by atoms with van der Waals surface area (Å²) in [5, 5.41) is 2.56. The van der Waals surface area contributed by atoms with Gasteiger partial charge in [-0.15, -0.1) is 11.3 Å². The van der Waals surface area contributed by atoms with E-state index in [-0.39, 0.29) is 5.78 Å². The molecule has 0 radical (unpaired) electrons. The van der Waals surface area contributed by atoms with Crippen molar-refractivity contribution in [3.05, 3.63) is 55.6 Å². The zero-order valence-corrected chi connectivity index (χ0v) is 11.4. The molecule has 0 bridgehead atoms. The van der Waals surface area contributed by atoms with Gasteiger partial charge in [0.25, 0.3) is 0 Å². The third-order valence-corrected chi connectivity index (χ3v) is 4.32. The first-order valence-electron chi connectivity index (χ1n) is 4.67. The lowest BCUT2D eigenvalue weighted by Crippen LogP contribution is -2.02. The monoisotopic (exact) mass is 314 g/mol. The van der Waals surface area contributed by atoms with Gasteiger partial charge in [-0.2, -0.15) is 0 Å². The quantitative estimate of drug-likeness (QED) is 0.757. The highest BCUT2D eigenvalue weighted by Gasteiger charge is 2.10. The van der Waals surface area contributed by atoms with Crippen LogP contribution in [0.15, 0.2) is 40.2 Å². The standard InChI is InChI=1S/C12H8BrClOS/c13-10-4-5-16-12(10)7-11(15)8-2-1-3-9(14)6-8/h1-6H,7H2. The summed E-state index contributed by atoms with van der Waals surface area (Å²) < 4.78 is 0.993. The smallest absolute Gasteiger partial charge is 0.168 e. The molecule has 0 aliphatic carbocycles. The lowest BCUT2D eigenvalue weighted by atomic mass is 10.1. The summed E-state index contributed by atoms with van der Waals surface area (Å²) in [6.45, 7) is 0. The number of carbonyl (C=O) groups excluding carboxylic acids is 1. The summed E-state index contributed by atoms with van der Waals surface area (Å²) >= 11 is 10.8. The fourth-order valence-electron chi connectivity index (χ4n) is 1.36. The topological polar surface area (TPSA) is 17.1 Å². The van der Waals surface area contributed by atoms with E-state index >= 15 is 0 Å². The molecule has 1 nitrogen and oxygen atoms in total. The second-order valence-electron chi connectivity index (χ2n) is 3.30. The highest BCUT2D eigenvalue weighted by atomic mass is 79.9. The summed E-state index contributed by atoms with van der Waals surface area (Å²) in [5.41, 5.74) is 0.660. The lowest BCUT2D eigenvalue weighted by molar-refractivity contribution is 0.0993. The maximum absolute atomic E-state index is 11.9. The Morgan fingerprint density at radius 1 is 1.38 bits per heavy atom. The molecule has 4 heteroatoms. The Labute approximate surface area is 111 Å². The van der Waals surface area contributed by atoms with Crippen molar-refractivity contribution < 1.29 is 4.79 Å².